The monoisotopic (exact) mass is 392 g/mol. The lowest BCUT2D eigenvalue weighted by Crippen LogP contribution is -2.27. The van der Waals surface area contributed by atoms with Crippen molar-refractivity contribution >= 4 is 30.2 Å². The number of fused-ring (bicyclic) bond motifs is 1. The Hall–Kier alpha value is -2.02. The fourth-order valence-electron chi connectivity index (χ4n) is 2.98. The van der Waals surface area contributed by atoms with Crippen LogP contribution in [0.4, 0.5) is 0 Å². The van der Waals surface area contributed by atoms with Gasteiger partial charge in [-0.3, -0.25) is 9.59 Å². The number of aliphatic carboxylic acids is 1. The number of ether oxygens (including phenoxy) is 1. The van der Waals surface area contributed by atoms with Crippen LogP contribution in [0.5, 0.6) is 5.75 Å². The van der Waals surface area contributed by atoms with E-state index in [2.05, 4.69) is 23.2 Å². The highest BCUT2D eigenvalue weighted by Crippen LogP contribution is 2.25. The highest BCUT2D eigenvalue weighted by atomic mass is 32.1. The Bertz CT molecular complexity index is 710. The number of carboxylic acids is 1. The van der Waals surface area contributed by atoms with Gasteiger partial charge in [-0.05, 0) is 55.9 Å². The van der Waals surface area contributed by atoms with E-state index < -0.39 is 5.97 Å². The summed E-state index contributed by atoms with van der Waals surface area (Å²) in [6.07, 6.45) is 4.68. The molecule has 2 N–H and O–H groups in total. The number of nitrogens with zero attached hydrogens (tertiary/aromatic N) is 1. The molecule has 0 spiro atoms. The summed E-state index contributed by atoms with van der Waals surface area (Å²) < 4.78 is 5.29. The highest BCUT2D eigenvalue weighted by molar-refractivity contribution is 7.81. The van der Waals surface area contributed by atoms with Gasteiger partial charge in [0.2, 0.25) is 5.91 Å². The van der Waals surface area contributed by atoms with E-state index in [1.54, 1.807) is 0 Å². The van der Waals surface area contributed by atoms with Gasteiger partial charge in [-0.1, -0.05) is 13.8 Å². The fourth-order valence-corrected chi connectivity index (χ4v) is 3.13. The van der Waals surface area contributed by atoms with Gasteiger partial charge >= 0.3 is 5.97 Å². The molecule has 148 valence electrons. The molecule has 0 saturated heterocycles. The molecular formula is C20H28N2O4S. The summed E-state index contributed by atoms with van der Waals surface area (Å²) in [5.41, 5.74) is 5.72. The zero-order valence-corrected chi connectivity index (χ0v) is 16.8. The maximum atomic E-state index is 12.0. The minimum atomic E-state index is -0.815. The molecule has 0 unspecified atom stereocenters. The Labute approximate surface area is 165 Å². The number of rotatable bonds is 8. The van der Waals surface area contributed by atoms with Crippen molar-refractivity contribution in [2.45, 2.75) is 63.5 Å². The molecule has 1 amide bonds. The molecule has 27 heavy (non-hydrogen) atoms. The van der Waals surface area contributed by atoms with Crippen molar-refractivity contribution < 1.29 is 19.4 Å². The van der Waals surface area contributed by atoms with Crippen LogP contribution in [0.15, 0.2) is 23.3 Å². The Kier molecular flexibility index (Phi) is 7.71. The number of benzene rings is 1. The van der Waals surface area contributed by atoms with E-state index in [-0.39, 0.29) is 17.1 Å². The molecule has 0 aliphatic heterocycles. The minimum Gasteiger partial charge on any atom is -0.494 e. The molecule has 1 aliphatic rings. The van der Waals surface area contributed by atoms with Crippen molar-refractivity contribution in [2.24, 2.45) is 5.10 Å². The van der Waals surface area contributed by atoms with Crippen LogP contribution in [0.2, 0.25) is 0 Å². The number of thiol groups is 1. The molecule has 0 bridgehead atoms. The summed E-state index contributed by atoms with van der Waals surface area (Å²) in [4.78, 5) is 22.6. The van der Waals surface area contributed by atoms with Gasteiger partial charge in [-0.25, -0.2) is 5.43 Å². The summed E-state index contributed by atoms with van der Waals surface area (Å²) >= 11 is 4.38. The maximum Gasteiger partial charge on any atom is 0.303 e. The standard InChI is InChI=1S/C20H28N2O4S/c1-20(2,27)13-18(23)22-21-17-7-4-3-6-14-12-15(9-10-16(14)17)26-11-5-8-19(24)25/h9-10,12,27H,3-8,11,13H2,1-2H3,(H,22,23)(H,24,25)/b21-17-. The molecule has 1 aromatic rings. The number of hydrazone groups is 1. The second-order valence-electron chi connectivity index (χ2n) is 7.45. The molecular weight excluding hydrogens is 364 g/mol. The summed E-state index contributed by atoms with van der Waals surface area (Å²) in [6.45, 7) is 4.16. The molecule has 7 heteroatoms. The van der Waals surface area contributed by atoms with Crippen molar-refractivity contribution in [3.63, 3.8) is 0 Å². The zero-order valence-electron chi connectivity index (χ0n) is 16.0. The molecule has 0 aromatic heterocycles. The van der Waals surface area contributed by atoms with Gasteiger partial charge in [0.25, 0.3) is 0 Å². The number of carbonyl (C=O) groups is 2. The van der Waals surface area contributed by atoms with Crippen LogP contribution >= 0.6 is 12.6 Å². The first-order chi connectivity index (χ1) is 12.7. The van der Waals surface area contributed by atoms with E-state index in [0.29, 0.717) is 19.4 Å². The van der Waals surface area contributed by atoms with Crippen molar-refractivity contribution in [3.05, 3.63) is 29.3 Å². The van der Waals surface area contributed by atoms with E-state index in [0.717, 1.165) is 48.3 Å². The van der Waals surface area contributed by atoms with Gasteiger partial charge in [-0.2, -0.15) is 17.7 Å². The molecule has 1 aliphatic carbocycles. The molecule has 1 aromatic carbocycles. The zero-order chi connectivity index (χ0) is 19.9. The SMILES string of the molecule is CC(C)(S)CC(=O)N/N=C1/CCCCc2cc(OCCCC(=O)O)ccc21. The number of carboxylic acid groups (broad SMARTS) is 1. The lowest BCUT2D eigenvalue weighted by Gasteiger charge is -2.15. The van der Waals surface area contributed by atoms with Gasteiger partial charge in [0, 0.05) is 23.2 Å². The lowest BCUT2D eigenvalue weighted by atomic mass is 10.0. The number of nitrogens with one attached hydrogen (secondary N) is 1. The quantitative estimate of drug-likeness (QED) is 0.273. The van der Waals surface area contributed by atoms with Crippen molar-refractivity contribution in [2.75, 3.05) is 6.61 Å². The molecule has 0 heterocycles. The predicted molar refractivity (Wildman–Crippen MR) is 109 cm³/mol. The molecule has 0 saturated carbocycles. The van der Waals surface area contributed by atoms with Crippen LogP contribution < -0.4 is 10.2 Å². The molecule has 0 fully saturated rings. The van der Waals surface area contributed by atoms with E-state index in [4.69, 9.17) is 9.84 Å². The van der Waals surface area contributed by atoms with Crippen LogP contribution in [0.25, 0.3) is 0 Å². The van der Waals surface area contributed by atoms with Gasteiger partial charge in [0.1, 0.15) is 5.75 Å². The lowest BCUT2D eigenvalue weighted by molar-refractivity contribution is -0.137. The first-order valence-corrected chi connectivity index (χ1v) is 9.75. The van der Waals surface area contributed by atoms with Crippen LogP contribution in [0.1, 0.15) is 63.5 Å². The van der Waals surface area contributed by atoms with Crippen molar-refractivity contribution in [1.82, 2.24) is 5.43 Å². The Morgan fingerprint density at radius 1 is 1.30 bits per heavy atom. The highest BCUT2D eigenvalue weighted by Gasteiger charge is 2.18. The van der Waals surface area contributed by atoms with E-state index in [1.807, 2.05) is 32.0 Å². The normalized spacial score (nSPS) is 15.7. The van der Waals surface area contributed by atoms with E-state index in [1.165, 1.54) is 0 Å². The average Bonchev–Trinajstić information content (AvgIpc) is 2.77. The number of amides is 1. The summed E-state index contributed by atoms with van der Waals surface area (Å²) in [5, 5.41) is 13.0. The number of hydrogen-bond donors (Lipinski definition) is 3. The third-order valence-corrected chi connectivity index (χ3v) is 4.37. The molecule has 0 radical (unpaired) electrons. The van der Waals surface area contributed by atoms with Crippen LogP contribution in [0.3, 0.4) is 0 Å². The Balaban J connectivity index is 2.05. The third kappa shape index (κ3) is 7.62. The van der Waals surface area contributed by atoms with Crippen molar-refractivity contribution in [3.8, 4) is 5.75 Å². The van der Waals surface area contributed by atoms with Gasteiger partial charge in [0.15, 0.2) is 0 Å². The molecule has 6 nitrogen and oxygen atoms in total. The van der Waals surface area contributed by atoms with Crippen LogP contribution in [0, 0.1) is 0 Å². The van der Waals surface area contributed by atoms with Gasteiger partial charge in [-0.15, -0.1) is 0 Å². The Morgan fingerprint density at radius 3 is 2.74 bits per heavy atom. The largest absolute Gasteiger partial charge is 0.494 e. The molecule has 2 rings (SSSR count). The van der Waals surface area contributed by atoms with Crippen molar-refractivity contribution in [1.29, 1.82) is 0 Å². The predicted octanol–water partition coefficient (Wildman–Crippen LogP) is 3.58. The second kappa shape index (κ2) is 9.78. The number of carbonyl (C=O) groups excluding carboxylic acids is 1. The summed E-state index contributed by atoms with van der Waals surface area (Å²) in [6, 6.07) is 5.84. The number of hydrogen-bond acceptors (Lipinski definition) is 5. The topological polar surface area (TPSA) is 88.0 Å². The Morgan fingerprint density at radius 2 is 2.04 bits per heavy atom. The van der Waals surface area contributed by atoms with Crippen LogP contribution in [-0.4, -0.2) is 34.0 Å². The number of aryl methyl sites for hydroxylation is 1. The van der Waals surface area contributed by atoms with Crippen LogP contribution in [-0.2, 0) is 16.0 Å². The van der Waals surface area contributed by atoms with Gasteiger partial charge in [0.05, 0.1) is 12.3 Å². The maximum absolute atomic E-state index is 12.0. The first-order valence-electron chi connectivity index (χ1n) is 9.30. The minimum absolute atomic E-state index is 0.102. The average molecular weight is 393 g/mol. The summed E-state index contributed by atoms with van der Waals surface area (Å²) in [7, 11) is 0. The van der Waals surface area contributed by atoms with E-state index in [9.17, 15) is 9.59 Å². The summed E-state index contributed by atoms with van der Waals surface area (Å²) in [5.74, 6) is -0.224. The first kappa shape index (κ1) is 21.3. The molecule has 0 atom stereocenters. The third-order valence-electron chi connectivity index (χ3n) is 4.21. The van der Waals surface area contributed by atoms with E-state index >= 15 is 0 Å². The van der Waals surface area contributed by atoms with Gasteiger partial charge < -0.3 is 9.84 Å². The smallest absolute Gasteiger partial charge is 0.303 e. The fraction of sp³-hybridized carbons (Fsp3) is 0.550. The second-order valence-corrected chi connectivity index (χ2v) is 8.67.